The van der Waals surface area contributed by atoms with Crippen molar-refractivity contribution in [2.24, 2.45) is 0 Å². The van der Waals surface area contributed by atoms with Gasteiger partial charge in [0.15, 0.2) is 6.10 Å². The van der Waals surface area contributed by atoms with Crippen LogP contribution in [0.5, 0.6) is 5.75 Å². The lowest BCUT2D eigenvalue weighted by atomic mass is 10.1. The molecule has 0 bridgehead atoms. The highest BCUT2D eigenvalue weighted by molar-refractivity contribution is 7.09. The number of halogens is 1. The highest BCUT2D eigenvalue weighted by atomic mass is 35.5. The number of ketones is 1. The Morgan fingerprint density at radius 3 is 2.54 bits per heavy atom. The van der Waals surface area contributed by atoms with E-state index in [1.807, 2.05) is 12.3 Å². The molecule has 3 aromatic rings. The van der Waals surface area contributed by atoms with Gasteiger partial charge in [0.25, 0.3) is 0 Å². The molecule has 2 aromatic carbocycles. The average molecular weight is 416 g/mol. The monoisotopic (exact) mass is 415 g/mol. The fraction of sp³-hybridized carbons (Fsp3) is 0.190. The molecule has 0 saturated heterocycles. The van der Waals surface area contributed by atoms with E-state index in [4.69, 9.17) is 21.1 Å². The highest BCUT2D eigenvalue weighted by Crippen LogP contribution is 2.22. The smallest absolute Gasteiger partial charge is 0.342 e. The summed E-state index contributed by atoms with van der Waals surface area (Å²) in [7, 11) is 0. The van der Waals surface area contributed by atoms with Gasteiger partial charge in [-0.1, -0.05) is 23.7 Å². The van der Waals surface area contributed by atoms with Crippen LogP contribution in [0.2, 0.25) is 5.02 Å². The molecule has 1 heterocycles. The summed E-state index contributed by atoms with van der Waals surface area (Å²) in [5.74, 6) is -0.550. The van der Waals surface area contributed by atoms with E-state index in [0.29, 0.717) is 16.3 Å². The van der Waals surface area contributed by atoms with Crippen molar-refractivity contribution in [3.63, 3.8) is 0 Å². The van der Waals surface area contributed by atoms with Crippen LogP contribution < -0.4 is 4.74 Å². The number of rotatable bonds is 7. The van der Waals surface area contributed by atoms with Crippen molar-refractivity contribution in [2.45, 2.75) is 26.6 Å². The molecular weight excluding hydrogens is 398 g/mol. The number of para-hydroxylation sites is 1. The number of benzene rings is 2. The van der Waals surface area contributed by atoms with Crippen molar-refractivity contribution in [3.8, 4) is 5.75 Å². The zero-order valence-corrected chi connectivity index (χ0v) is 16.9. The quantitative estimate of drug-likeness (QED) is 0.396. The molecule has 144 valence electrons. The molecule has 1 aromatic heterocycles. The maximum atomic E-state index is 12.6. The van der Waals surface area contributed by atoms with Crippen LogP contribution in [0.3, 0.4) is 0 Å². The summed E-state index contributed by atoms with van der Waals surface area (Å²) in [6.07, 6.45) is -0.942. The number of hydrogen-bond donors (Lipinski definition) is 0. The highest BCUT2D eigenvalue weighted by Gasteiger charge is 2.22. The van der Waals surface area contributed by atoms with Gasteiger partial charge < -0.3 is 9.47 Å². The van der Waals surface area contributed by atoms with Crippen LogP contribution in [-0.4, -0.2) is 22.8 Å². The molecule has 0 saturated carbocycles. The zero-order chi connectivity index (χ0) is 20.1. The number of nitrogens with zero attached hydrogens (tertiary/aromatic N) is 1. The lowest BCUT2D eigenvalue weighted by Gasteiger charge is -2.14. The van der Waals surface area contributed by atoms with E-state index in [1.54, 1.807) is 48.5 Å². The van der Waals surface area contributed by atoms with Gasteiger partial charge in [-0.3, -0.25) is 4.79 Å². The van der Waals surface area contributed by atoms with E-state index in [-0.39, 0.29) is 18.0 Å². The molecule has 0 aliphatic carbocycles. The summed E-state index contributed by atoms with van der Waals surface area (Å²) in [6, 6.07) is 13.2. The second-order valence-corrected chi connectivity index (χ2v) is 7.56. The molecule has 0 unspecified atom stereocenters. The third-order valence-corrected chi connectivity index (χ3v) is 5.01. The van der Waals surface area contributed by atoms with E-state index < -0.39 is 12.1 Å². The Labute approximate surface area is 171 Å². The van der Waals surface area contributed by atoms with Crippen molar-refractivity contribution in [1.82, 2.24) is 4.98 Å². The lowest BCUT2D eigenvalue weighted by molar-refractivity contribution is 0.0314. The van der Waals surface area contributed by atoms with Gasteiger partial charge in [0.2, 0.25) is 5.78 Å². The maximum absolute atomic E-state index is 12.6. The van der Waals surface area contributed by atoms with E-state index in [9.17, 15) is 9.59 Å². The first-order chi connectivity index (χ1) is 13.4. The maximum Gasteiger partial charge on any atom is 0.342 e. The number of carbonyl (C=O) groups excluding carboxylic acids is 2. The molecular formula is C21H18ClNO4S. The Balaban J connectivity index is 1.68. The first kappa shape index (κ1) is 20.0. The summed E-state index contributed by atoms with van der Waals surface area (Å²) in [5.41, 5.74) is 1.47. The van der Waals surface area contributed by atoms with Gasteiger partial charge in [0.05, 0.1) is 10.7 Å². The summed E-state index contributed by atoms with van der Waals surface area (Å²) < 4.78 is 11.1. The van der Waals surface area contributed by atoms with Gasteiger partial charge in [-0.15, -0.1) is 11.3 Å². The van der Waals surface area contributed by atoms with Gasteiger partial charge in [0, 0.05) is 16.0 Å². The van der Waals surface area contributed by atoms with Crippen LogP contribution in [0.25, 0.3) is 0 Å². The van der Waals surface area contributed by atoms with Gasteiger partial charge >= 0.3 is 5.97 Å². The predicted octanol–water partition coefficient (Wildman–Crippen LogP) is 5.11. The molecule has 3 rings (SSSR count). The molecule has 0 spiro atoms. The topological polar surface area (TPSA) is 65.5 Å². The third kappa shape index (κ3) is 4.97. The van der Waals surface area contributed by atoms with Crippen molar-refractivity contribution < 1.29 is 19.1 Å². The Morgan fingerprint density at radius 1 is 1.14 bits per heavy atom. The second-order valence-electron chi connectivity index (χ2n) is 6.06. The molecule has 0 aliphatic rings. The van der Waals surface area contributed by atoms with E-state index in [2.05, 4.69) is 4.98 Å². The first-order valence-electron chi connectivity index (χ1n) is 8.57. The minimum Gasteiger partial charge on any atom is -0.486 e. The molecule has 0 N–H and O–H groups in total. The van der Waals surface area contributed by atoms with Gasteiger partial charge in [-0.05, 0) is 50.2 Å². The lowest BCUT2D eigenvalue weighted by Crippen LogP contribution is -2.24. The average Bonchev–Trinajstić information content (AvgIpc) is 3.11. The van der Waals surface area contributed by atoms with Gasteiger partial charge in [-0.2, -0.15) is 0 Å². The molecule has 5 nitrogen and oxygen atoms in total. The van der Waals surface area contributed by atoms with Crippen molar-refractivity contribution in [2.75, 3.05) is 0 Å². The molecule has 7 heteroatoms. The van der Waals surface area contributed by atoms with Crippen molar-refractivity contribution in [1.29, 1.82) is 0 Å². The van der Waals surface area contributed by atoms with Crippen LogP contribution in [0.4, 0.5) is 0 Å². The normalized spacial score (nSPS) is 11.7. The third-order valence-electron chi connectivity index (χ3n) is 3.93. The summed E-state index contributed by atoms with van der Waals surface area (Å²) in [6.45, 7) is 3.70. The van der Waals surface area contributed by atoms with E-state index >= 15 is 0 Å². The number of Topliss-reactive ketones (excluding diaryl/α,β-unsaturated/α-hetero) is 1. The number of hydrogen-bond acceptors (Lipinski definition) is 6. The summed E-state index contributed by atoms with van der Waals surface area (Å²) in [4.78, 5) is 29.4. The number of esters is 1. The van der Waals surface area contributed by atoms with E-state index in [0.717, 1.165) is 10.7 Å². The van der Waals surface area contributed by atoms with E-state index in [1.165, 1.54) is 18.3 Å². The van der Waals surface area contributed by atoms with Crippen LogP contribution in [0.1, 0.15) is 38.3 Å². The van der Waals surface area contributed by atoms with Crippen molar-refractivity contribution >= 4 is 34.7 Å². The van der Waals surface area contributed by atoms with Crippen molar-refractivity contribution in [3.05, 3.63) is 80.8 Å². The van der Waals surface area contributed by atoms with Gasteiger partial charge in [0.1, 0.15) is 17.9 Å². The first-order valence-corrected chi connectivity index (χ1v) is 9.83. The minimum atomic E-state index is -0.942. The van der Waals surface area contributed by atoms with Crippen LogP contribution in [0, 0.1) is 6.92 Å². The Morgan fingerprint density at radius 2 is 1.86 bits per heavy atom. The standard InChI is InChI=1S/C21H18ClNO4S/c1-13(20(24)15-7-9-16(22)10-8-15)27-21(25)18-5-3-4-6-19(18)26-11-17-12-28-14(2)23-17/h3-10,12-13H,11H2,1-2H3/t13-/m1/s1. The molecule has 28 heavy (non-hydrogen) atoms. The Bertz CT molecular complexity index is 984. The zero-order valence-electron chi connectivity index (χ0n) is 15.3. The number of aromatic nitrogens is 1. The summed E-state index contributed by atoms with van der Waals surface area (Å²) >= 11 is 7.37. The summed E-state index contributed by atoms with van der Waals surface area (Å²) in [5, 5.41) is 3.38. The molecule has 0 fully saturated rings. The number of ether oxygens (including phenoxy) is 2. The fourth-order valence-corrected chi connectivity index (χ4v) is 3.24. The van der Waals surface area contributed by atoms with Crippen LogP contribution in [0.15, 0.2) is 53.9 Å². The number of aryl methyl sites for hydroxylation is 1. The second kappa shape index (κ2) is 8.99. The predicted molar refractivity (Wildman–Crippen MR) is 108 cm³/mol. The molecule has 0 radical (unpaired) electrons. The van der Waals surface area contributed by atoms with Crippen LogP contribution in [-0.2, 0) is 11.3 Å². The molecule has 1 atom stereocenters. The fourth-order valence-electron chi connectivity index (χ4n) is 2.51. The Kier molecular flexibility index (Phi) is 6.44. The number of carbonyl (C=O) groups is 2. The Hall–Kier alpha value is -2.70. The number of thiazole rings is 1. The molecule has 0 amide bonds. The SMILES string of the molecule is Cc1nc(COc2ccccc2C(=O)O[C@H](C)C(=O)c2ccc(Cl)cc2)cs1. The van der Waals surface area contributed by atoms with Gasteiger partial charge in [-0.25, -0.2) is 9.78 Å². The minimum absolute atomic E-state index is 0.244. The van der Waals surface area contributed by atoms with Crippen LogP contribution >= 0.6 is 22.9 Å². The molecule has 0 aliphatic heterocycles. The largest absolute Gasteiger partial charge is 0.486 e.